The van der Waals surface area contributed by atoms with Crippen LogP contribution in [0.5, 0.6) is 11.5 Å². The lowest BCUT2D eigenvalue weighted by Gasteiger charge is -2.08. The number of hydrogen-bond donors (Lipinski definition) is 0. The smallest absolute Gasteiger partial charge is 0.348 e. The monoisotopic (exact) mass is 422 g/mol. The molecule has 4 aromatic rings. The van der Waals surface area contributed by atoms with Gasteiger partial charge in [-0.3, -0.25) is 0 Å². The van der Waals surface area contributed by atoms with Gasteiger partial charge in [-0.2, -0.15) is 5.10 Å². The fraction of sp³-hybridized carbons (Fsp3) is 0.217. The van der Waals surface area contributed by atoms with Crippen molar-refractivity contribution in [3.63, 3.8) is 0 Å². The Labute approximate surface area is 178 Å². The van der Waals surface area contributed by atoms with E-state index in [1.807, 2.05) is 79.2 Å². The van der Waals surface area contributed by atoms with Crippen LogP contribution in [0.4, 0.5) is 0 Å². The predicted molar refractivity (Wildman–Crippen MR) is 117 cm³/mol. The van der Waals surface area contributed by atoms with Gasteiger partial charge in [-0.25, -0.2) is 9.48 Å². The molecule has 0 spiro atoms. The van der Waals surface area contributed by atoms with Crippen LogP contribution in [-0.4, -0.2) is 35.6 Å². The number of rotatable bonds is 8. The Morgan fingerprint density at radius 1 is 1.00 bits per heavy atom. The fourth-order valence-electron chi connectivity index (χ4n) is 3.06. The largest absolute Gasteiger partial charge is 0.494 e. The van der Waals surface area contributed by atoms with Crippen molar-refractivity contribution in [3.8, 4) is 17.2 Å². The van der Waals surface area contributed by atoms with Crippen LogP contribution in [-0.2, 0) is 4.74 Å². The molecule has 0 atom stereocenters. The molecule has 4 rings (SSSR count). The summed E-state index contributed by atoms with van der Waals surface area (Å²) < 4.78 is 18.3. The summed E-state index contributed by atoms with van der Waals surface area (Å²) in [6, 6.07) is 19.1. The zero-order chi connectivity index (χ0) is 20.9. The Hall–Kier alpha value is -3.32. The summed E-state index contributed by atoms with van der Waals surface area (Å²) in [5, 5.41) is 5.55. The second-order valence-electron chi connectivity index (χ2n) is 6.55. The summed E-state index contributed by atoms with van der Waals surface area (Å²) in [6.45, 7) is 4.95. The number of nitrogens with zero attached hydrogens (tertiary/aromatic N) is 2. The topological polar surface area (TPSA) is 62.6 Å². The van der Waals surface area contributed by atoms with Gasteiger partial charge in [-0.15, -0.1) is 11.3 Å². The molecule has 0 unspecified atom stereocenters. The molecule has 6 nitrogen and oxygen atoms in total. The number of hydrogen-bond acceptors (Lipinski definition) is 6. The molecule has 0 amide bonds. The van der Waals surface area contributed by atoms with E-state index < -0.39 is 0 Å². The molecule has 0 saturated heterocycles. The van der Waals surface area contributed by atoms with Gasteiger partial charge >= 0.3 is 5.97 Å². The summed E-state index contributed by atoms with van der Waals surface area (Å²) in [5.74, 6) is 1.14. The summed E-state index contributed by atoms with van der Waals surface area (Å²) in [6.07, 6.45) is 0. The molecule has 0 saturated carbocycles. The van der Waals surface area contributed by atoms with Gasteiger partial charge in [-0.05, 0) is 56.3 Å². The molecule has 0 radical (unpaired) electrons. The first-order chi connectivity index (χ1) is 14.7. The SMILES string of the molecule is CCOc1ccc(OCCOC(=O)c2cc3c(C)nn(-c4ccccc4)c3s2)cc1. The Balaban J connectivity index is 1.37. The molecule has 30 heavy (non-hydrogen) atoms. The lowest BCUT2D eigenvalue weighted by atomic mass is 10.3. The maximum absolute atomic E-state index is 12.5. The summed E-state index contributed by atoms with van der Waals surface area (Å²) in [5.41, 5.74) is 1.84. The van der Waals surface area contributed by atoms with Gasteiger partial charge in [0.2, 0.25) is 0 Å². The summed E-state index contributed by atoms with van der Waals surface area (Å²) in [4.78, 5) is 14.0. The van der Waals surface area contributed by atoms with E-state index >= 15 is 0 Å². The first-order valence-electron chi connectivity index (χ1n) is 9.73. The van der Waals surface area contributed by atoms with Gasteiger partial charge in [0.1, 0.15) is 34.4 Å². The van der Waals surface area contributed by atoms with Crippen LogP contribution in [0.25, 0.3) is 15.9 Å². The van der Waals surface area contributed by atoms with E-state index in [2.05, 4.69) is 5.10 Å². The van der Waals surface area contributed by atoms with Crippen LogP contribution in [0.15, 0.2) is 60.7 Å². The average Bonchev–Trinajstić information content (AvgIpc) is 3.34. The van der Waals surface area contributed by atoms with Crippen LogP contribution >= 0.6 is 11.3 Å². The zero-order valence-corrected chi connectivity index (χ0v) is 17.6. The molecule has 154 valence electrons. The molecule has 0 aliphatic heterocycles. The molecule has 7 heteroatoms. The van der Waals surface area contributed by atoms with Gasteiger partial charge in [-0.1, -0.05) is 18.2 Å². The third-order valence-electron chi connectivity index (χ3n) is 4.47. The summed E-state index contributed by atoms with van der Waals surface area (Å²) >= 11 is 1.38. The molecule has 0 bridgehead atoms. The van der Waals surface area contributed by atoms with E-state index in [1.165, 1.54) is 11.3 Å². The minimum absolute atomic E-state index is 0.171. The fourth-order valence-corrected chi connectivity index (χ4v) is 4.13. The van der Waals surface area contributed by atoms with Crippen molar-refractivity contribution in [2.24, 2.45) is 0 Å². The lowest BCUT2D eigenvalue weighted by molar-refractivity contribution is 0.0456. The number of para-hydroxylation sites is 1. The first kappa shape index (κ1) is 20.0. The van der Waals surface area contributed by atoms with Crippen molar-refractivity contribution in [3.05, 3.63) is 71.2 Å². The summed E-state index contributed by atoms with van der Waals surface area (Å²) in [7, 11) is 0. The number of ether oxygens (including phenoxy) is 3. The van der Waals surface area contributed by atoms with E-state index in [9.17, 15) is 4.79 Å². The molecule has 0 aliphatic carbocycles. The van der Waals surface area contributed by atoms with Gasteiger partial charge in [0, 0.05) is 5.39 Å². The lowest BCUT2D eigenvalue weighted by Crippen LogP contribution is -2.11. The Morgan fingerprint density at radius 3 is 2.40 bits per heavy atom. The van der Waals surface area contributed by atoms with Gasteiger partial charge in [0.15, 0.2) is 0 Å². The second kappa shape index (κ2) is 9.00. The number of carbonyl (C=O) groups is 1. The van der Waals surface area contributed by atoms with Crippen molar-refractivity contribution in [1.82, 2.24) is 9.78 Å². The van der Waals surface area contributed by atoms with Crippen molar-refractivity contribution < 1.29 is 19.0 Å². The second-order valence-corrected chi connectivity index (χ2v) is 7.58. The molecular formula is C23H22N2O4S. The molecule has 2 aromatic heterocycles. The predicted octanol–water partition coefficient (Wildman–Crippen LogP) is 5.03. The van der Waals surface area contributed by atoms with Crippen LogP contribution in [0.2, 0.25) is 0 Å². The molecule has 2 aromatic carbocycles. The third kappa shape index (κ3) is 4.31. The molecular weight excluding hydrogens is 400 g/mol. The Morgan fingerprint density at radius 2 is 1.70 bits per heavy atom. The Bertz CT molecular complexity index is 1130. The van der Waals surface area contributed by atoms with Gasteiger partial charge < -0.3 is 14.2 Å². The van der Waals surface area contributed by atoms with Crippen molar-refractivity contribution in [2.75, 3.05) is 19.8 Å². The number of esters is 1. The highest BCUT2D eigenvalue weighted by atomic mass is 32.1. The van der Waals surface area contributed by atoms with Crippen molar-refractivity contribution >= 4 is 27.5 Å². The minimum atomic E-state index is -0.356. The minimum Gasteiger partial charge on any atom is -0.494 e. The van der Waals surface area contributed by atoms with Crippen LogP contribution < -0.4 is 9.47 Å². The highest BCUT2D eigenvalue weighted by Gasteiger charge is 2.18. The van der Waals surface area contributed by atoms with Gasteiger partial charge in [0.05, 0.1) is 18.0 Å². The highest BCUT2D eigenvalue weighted by molar-refractivity contribution is 7.20. The van der Waals surface area contributed by atoms with Crippen molar-refractivity contribution in [1.29, 1.82) is 0 Å². The number of carbonyl (C=O) groups excluding carboxylic acids is 1. The molecule has 0 aliphatic rings. The molecule has 2 heterocycles. The number of fused-ring (bicyclic) bond motifs is 1. The maximum atomic E-state index is 12.5. The van der Waals surface area contributed by atoms with Gasteiger partial charge in [0.25, 0.3) is 0 Å². The quantitative estimate of drug-likeness (QED) is 0.294. The molecule has 0 fully saturated rings. The standard InChI is InChI=1S/C23H22N2O4S/c1-3-27-18-9-11-19(12-10-18)28-13-14-29-23(26)21-15-20-16(2)24-25(22(20)30-21)17-7-5-4-6-8-17/h4-12,15H,3,13-14H2,1-2H3. The zero-order valence-electron chi connectivity index (χ0n) is 16.8. The number of aromatic nitrogens is 2. The van der Waals surface area contributed by atoms with E-state index in [-0.39, 0.29) is 19.2 Å². The van der Waals surface area contributed by atoms with E-state index in [0.717, 1.165) is 27.3 Å². The maximum Gasteiger partial charge on any atom is 0.348 e. The van der Waals surface area contributed by atoms with E-state index in [4.69, 9.17) is 14.2 Å². The number of aryl methyl sites for hydroxylation is 1. The average molecular weight is 423 g/mol. The van der Waals surface area contributed by atoms with E-state index in [1.54, 1.807) is 0 Å². The Kier molecular flexibility index (Phi) is 5.99. The van der Waals surface area contributed by atoms with Crippen molar-refractivity contribution in [2.45, 2.75) is 13.8 Å². The van der Waals surface area contributed by atoms with E-state index in [0.29, 0.717) is 17.2 Å². The number of thiophene rings is 1. The third-order valence-corrected chi connectivity index (χ3v) is 5.56. The first-order valence-corrected chi connectivity index (χ1v) is 10.5. The normalized spacial score (nSPS) is 10.9. The number of benzene rings is 2. The van der Waals surface area contributed by atoms with Crippen LogP contribution in [0.3, 0.4) is 0 Å². The highest BCUT2D eigenvalue weighted by Crippen LogP contribution is 2.30. The van der Waals surface area contributed by atoms with Crippen LogP contribution in [0.1, 0.15) is 22.3 Å². The molecule has 0 N–H and O–H groups in total. The van der Waals surface area contributed by atoms with Crippen LogP contribution in [0, 0.1) is 6.92 Å².